The summed E-state index contributed by atoms with van der Waals surface area (Å²) in [6, 6.07) is 0.744. The summed E-state index contributed by atoms with van der Waals surface area (Å²) in [6.07, 6.45) is 51.9. The Balaban J connectivity index is 2.60. The lowest BCUT2D eigenvalue weighted by molar-refractivity contribution is 0.0652. The topological polar surface area (TPSA) is 21.3 Å². The van der Waals surface area contributed by atoms with Crippen LogP contribution in [0.2, 0.25) is 0 Å². The van der Waals surface area contributed by atoms with Gasteiger partial charge >= 0.3 is 0 Å². The largest absolute Gasteiger partial charge is 0.381 e. The number of rotatable bonds is 40. The zero-order valence-electron chi connectivity index (χ0n) is 36.4. The molecule has 0 aromatic carbocycles. The van der Waals surface area contributed by atoms with E-state index < -0.39 is 0 Å². The Morgan fingerprint density at radius 3 is 1.06 bits per heavy atom. The molecule has 0 spiro atoms. The van der Waals surface area contributed by atoms with Gasteiger partial charge in [0.2, 0.25) is 0 Å². The molecule has 1 saturated heterocycles. The zero-order chi connectivity index (χ0) is 36.9. The lowest BCUT2D eigenvalue weighted by Gasteiger charge is -2.26. The van der Waals surface area contributed by atoms with E-state index >= 15 is 0 Å². The van der Waals surface area contributed by atoms with Crippen LogP contribution < -0.4 is 5.32 Å². The number of unbranched alkanes of at least 4 members (excludes halogenated alkanes) is 17. The Kier molecular flexibility index (Phi) is 36.7. The first-order valence-corrected chi connectivity index (χ1v) is 24.5. The molecule has 0 aromatic rings. The van der Waals surface area contributed by atoms with Gasteiger partial charge < -0.3 is 10.1 Å². The normalized spacial score (nSPS) is 14.8. The quantitative estimate of drug-likeness (QED) is 0.0637. The van der Waals surface area contributed by atoms with E-state index in [4.69, 9.17) is 4.74 Å². The van der Waals surface area contributed by atoms with Crippen molar-refractivity contribution in [1.82, 2.24) is 5.32 Å². The summed E-state index contributed by atoms with van der Waals surface area (Å²) in [6.45, 7) is 15.0. The van der Waals surface area contributed by atoms with Gasteiger partial charge in [-0.15, -0.1) is 0 Å². The molecule has 1 aliphatic rings. The summed E-state index contributed by atoms with van der Waals surface area (Å²) in [7, 11) is 0. The fraction of sp³-hybridized carbons (Fsp3) is 1.00. The Bertz CT molecular complexity index is 611. The van der Waals surface area contributed by atoms with Crippen LogP contribution in [0.25, 0.3) is 0 Å². The second-order valence-corrected chi connectivity index (χ2v) is 17.8. The van der Waals surface area contributed by atoms with Crippen molar-refractivity contribution in [2.75, 3.05) is 19.8 Å². The Hall–Kier alpha value is -0.0800. The van der Waals surface area contributed by atoms with Crippen molar-refractivity contribution in [3.05, 3.63) is 0 Å². The molecule has 0 aliphatic carbocycles. The molecule has 0 amide bonds. The highest BCUT2D eigenvalue weighted by Gasteiger charge is 2.18. The van der Waals surface area contributed by atoms with Crippen molar-refractivity contribution in [3.63, 3.8) is 0 Å². The van der Waals surface area contributed by atoms with Gasteiger partial charge in [0.15, 0.2) is 0 Å². The lowest BCUT2D eigenvalue weighted by atomic mass is 9.82. The summed E-state index contributed by atoms with van der Waals surface area (Å²) in [5.41, 5.74) is 0. The van der Waals surface area contributed by atoms with E-state index in [9.17, 15) is 0 Å². The molecule has 1 aliphatic heterocycles. The van der Waals surface area contributed by atoms with Crippen LogP contribution >= 0.6 is 0 Å². The van der Waals surface area contributed by atoms with Crippen molar-refractivity contribution >= 4 is 0 Å². The minimum absolute atomic E-state index is 0.744. The van der Waals surface area contributed by atoms with Gasteiger partial charge in [-0.2, -0.15) is 0 Å². The van der Waals surface area contributed by atoms with Crippen LogP contribution in [0.1, 0.15) is 266 Å². The molecule has 51 heavy (non-hydrogen) atoms. The van der Waals surface area contributed by atoms with Crippen LogP contribution in [-0.4, -0.2) is 25.8 Å². The van der Waals surface area contributed by atoms with Crippen LogP contribution in [-0.2, 0) is 4.74 Å². The Labute approximate surface area is 324 Å². The van der Waals surface area contributed by atoms with E-state index in [2.05, 4.69) is 39.9 Å². The standard InChI is InChI=1S/C49H99NO/c1-6-11-16-17-20-27-34-49(50-44-48-40-42-51-43-41-48)35-28-21-18-19-26-33-47(38-36-45(29-22-12-7-2)30-23-13-8-3)39-37-46(31-24-14-9-4)32-25-15-10-5/h45-50H,6-44H2,1-5H3. The van der Waals surface area contributed by atoms with Gasteiger partial charge in [0.05, 0.1) is 0 Å². The van der Waals surface area contributed by atoms with Crippen LogP contribution in [0.4, 0.5) is 0 Å². The molecule has 0 radical (unpaired) electrons. The first-order chi connectivity index (χ1) is 25.2. The highest BCUT2D eigenvalue weighted by atomic mass is 16.5. The third-order valence-electron chi connectivity index (χ3n) is 12.9. The van der Waals surface area contributed by atoms with E-state index in [0.717, 1.165) is 42.9 Å². The highest BCUT2D eigenvalue weighted by molar-refractivity contribution is 4.73. The fourth-order valence-corrected chi connectivity index (χ4v) is 9.13. The van der Waals surface area contributed by atoms with E-state index in [1.165, 1.54) is 238 Å². The van der Waals surface area contributed by atoms with Crippen LogP contribution in [0.3, 0.4) is 0 Å². The van der Waals surface area contributed by atoms with Crippen LogP contribution in [0.15, 0.2) is 0 Å². The predicted octanol–water partition coefficient (Wildman–Crippen LogP) is 16.6. The molecule has 0 saturated carbocycles. The molecular formula is C49H99NO. The summed E-state index contributed by atoms with van der Waals surface area (Å²) in [5, 5.41) is 4.06. The molecule has 1 unspecified atom stereocenters. The molecule has 1 atom stereocenters. The average Bonchev–Trinajstić information content (AvgIpc) is 3.15. The third kappa shape index (κ3) is 30.9. The minimum Gasteiger partial charge on any atom is -0.381 e. The maximum Gasteiger partial charge on any atom is 0.0469 e. The van der Waals surface area contributed by atoms with E-state index in [1.54, 1.807) is 0 Å². The van der Waals surface area contributed by atoms with Crippen molar-refractivity contribution in [2.24, 2.45) is 23.7 Å². The van der Waals surface area contributed by atoms with Crippen LogP contribution in [0, 0.1) is 23.7 Å². The molecule has 306 valence electrons. The van der Waals surface area contributed by atoms with Gasteiger partial charge in [-0.1, -0.05) is 240 Å². The van der Waals surface area contributed by atoms with Gasteiger partial charge in [-0.25, -0.2) is 0 Å². The predicted molar refractivity (Wildman–Crippen MR) is 231 cm³/mol. The van der Waals surface area contributed by atoms with Gasteiger partial charge in [0, 0.05) is 19.3 Å². The first-order valence-electron chi connectivity index (χ1n) is 24.5. The highest BCUT2D eigenvalue weighted by Crippen LogP contribution is 2.32. The fourth-order valence-electron chi connectivity index (χ4n) is 9.13. The zero-order valence-corrected chi connectivity index (χ0v) is 36.4. The first kappa shape index (κ1) is 48.9. The van der Waals surface area contributed by atoms with E-state index in [0.29, 0.717) is 0 Å². The molecule has 1 N–H and O–H groups in total. The summed E-state index contributed by atoms with van der Waals surface area (Å²) in [4.78, 5) is 0. The molecular weight excluding hydrogens is 619 g/mol. The average molecular weight is 718 g/mol. The second kappa shape index (κ2) is 38.2. The maximum absolute atomic E-state index is 5.64. The molecule has 1 heterocycles. The van der Waals surface area contributed by atoms with Crippen molar-refractivity contribution in [3.8, 4) is 0 Å². The summed E-state index contributed by atoms with van der Waals surface area (Å²) >= 11 is 0. The Morgan fingerprint density at radius 1 is 0.373 bits per heavy atom. The number of hydrogen-bond donors (Lipinski definition) is 1. The molecule has 0 bridgehead atoms. The number of hydrogen-bond acceptors (Lipinski definition) is 2. The lowest BCUT2D eigenvalue weighted by Crippen LogP contribution is -2.35. The molecule has 2 nitrogen and oxygen atoms in total. The SMILES string of the molecule is CCCCCCCCC(CCCCCCCC(CCC(CCCCC)CCCCC)CCC(CCCCC)CCCCC)NCC1CCOCC1. The van der Waals surface area contributed by atoms with Gasteiger partial charge in [-0.3, -0.25) is 0 Å². The minimum atomic E-state index is 0.744. The van der Waals surface area contributed by atoms with Crippen LogP contribution in [0.5, 0.6) is 0 Å². The smallest absolute Gasteiger partial charge is 0.0469 e. The molecule has 1 rings (SSSR count). The monoisotopic (exact) mass is 718 g/mol. The van der Waals surface area contributed by atoms with Crippen molar-refractivity contribution < 1.29 is 4.74 Å². The summed E-state index contributed by atoms with van der Waals surface area (Å²) < 4.78 is 5.64. The maximum atomic E-state index is 5.64. The molecule has 0 aromatic heterocycles. The third-order valence-corrected chi connectivity index (χ3v) is 12.9. The van der Waals surface area contributed by atoms with Crippen molar-refractivity contribution in [1.29, 1.82) is 0 Å². The number of nitrogens with one attached hydrogen (secondary N) is 1. The van der Waals surface area contributed by atoms with Gasteiger partial charge in [0.1, 0.15) is 0 Å². The molecule has 1 fully saturated rings. The number of ether oxygens (including phenoxy) is 1. The van der Waals surface area contributed by atoms with Crippen molar-refractivity contribution in [2.45, 2.75) is 272 Å². The van der Waals surface area contributed by atoms with E-state index in [-0.39, 0.29) is 0 Å². The molecule has 2 heteroatoms. The summed E-state index contributed by atoms with van der Waals surface area (Å²) in [5.74, 6) is 3.82. The van der Waals surface area contributed by atoms with E-state index in [1.807, 2.05) is 0 Å². The van der Waals surface area contributed by atoms with Gasteiger partial charge in [0.25, 0.3) is 0 Å². The Morgan fingerprint density at radius 2 is 0.667 bits per heavy atom. The second-order valence-electron chi connectivity index (χ2n) is 17.8. The van der Waals surface area contributed by atoms with Gasteiger partial charge in [-0.05, 0) is 55.9 Å².